The number of methoxy groups -OCH3 is 1. The number of ether oxygens (including phenoxy) is 5. The van der Waals surface area contributed by atoms with Crippen molar-refractivity contribution in [2.24, 2.45) is 0 Å². The molecule has 10 rings (SSSR count). The molecule has 6 aliphatic rings. The number of nitrogens with zero attached hydrogens (tertiary/aromatic N) is 2. The van der Waals surface area contributed by atoms with Gasteiger partial charge in [0.1, 0.15) is 18.6 Å². The number of hydrogen-bond acceptors (Lipinski definition) is 14. The molecule has 0 saturated carbocycles. The summed E-state index contributed by atoms with van der Waals surface area (Å²) in [5.74, 6) is 0.569. The number of thioether (sulfide) groups is 1. The van der Waals surface area contributed by atoms with Crippen LogP contribution in [0.25, 0.3) is 10.9 Å². The zero-order chi connectivity index (χ0) is 39.4. The van der Waals surface area contributed by atoms with Crippen LogP contribution in [0.3, 0.4) is 0 Å². The fourth-order valence-corrected chi connectivity index (χ4v) is 11.7. The van der Waals surface area contributed by atoms with E-state index in [4.69, 9.17) is 23.7 Å². The number of aromatic hydroxyl groups is 1. The number of aromatic amines is 1. The van der Waals surface area contributed by atoms with Crippen LogP contribution in [0.1, 0.15) is 68.9 Å². The molecule has 0 radical (unpaired) electrons. The summed E-state index contributed by atoms with van der Waals surface area (Å²) in [5.41, 5.74) is 4.97. The molecule has 1 saturated heterocycles. The zero-order valence-electron chi connectivity index (χ0n) is 32.1. The molecule has 296 valence electrons. The lowest BCUT2D eigenvalue weighted by Crippen LogP contribution is -2.62. The van der Waals surface area contributed by atoms with Gasteiger partial charge in [-0.2, -0.15) is 0 Å². The van der Waals surface area contributed by atoms with Crippen LogP contribution in [-0.2, 0) is 32.7 Å². The normalized spacial score (nSPS) is 28.0. The standard InChI is InChI=1S/C41H46N4O10S/c1-18-11-21-12-27(48)45-26-15-52-40(50)41(39-24(13-22(14-46)43-41)23-9-7-8-10-25(23)42-39)16-56-38(32(45)31(44(4)5)28(21)33(49)34(18)51-6)30-29(26)37-36(53-17-54-37)19(2)35(30)55-20(3)47/h7-11,22,26-27,31-32,38,42-43,46,48-49H,12-17H2,1-6H3/t22-,26-,27-,31+,32+,38+,41-/m0/s1. The lowest BCUT2D eigenvalue weighted by atomic mass is 9.80. The molecule has 1 aromatic heterocycles. The number of para-hydroxylation sites is 1. The van der Waals surface area contributed by atoms with E-state index in [9.17, 15) is 24.9 Å². The number of likely N-dealkylation sites (N-methyl/N-ethyl adjacent to an activating group) is 1. The number of esters is 2. The Morgan fingerprint density at radius 2 is 1.86 bits per heavy atom. The Morgan fingerprint density at radius 1 is 1.09 bits per heavy atom. The van der Waals surface area contributed by atoms with Crippen molar-refractivity contribution in [2.45, 2.75) is 74.8 Å². The van der Waals surface area contributed by atoms with E-state index in [0.29, 0.717) is 57.4 Å². The quantitative estimate of drug-likeness (QED) is 0.149. The molecule has 56 heavy (non-hydrogen) atoms. The van der Waals surface area contributed by atoms with Crippen LogP contribution < -0.4 is 24.3 Å². The van der Waals surface area contributed by atoms with E-state index in [0.717, 1.165) is 27.6 Å². The summed E-state index contributed by atoms with van der Waals surface area (Å²) in [6, 6.07) is 7.34. The first-order valence-corrected chi connectivity index (χ1v) is 19.9. The molecule has 1 fully saturated rings. The van der Waals surface area contributed by atoms with Crippen LogP contribution in [0.4, 0.5) is 0 Å². The van der Waals surface area contributed by atoms with Crippen LogP contribution in [-0.4, -0.2) is 107 Å². The maximum Gasteiger partial charge on any atom is 0.333 e. The molecule has 0 amide bonds. The monoisotopic (exact) mass is 786 g/mol. The highest BCUT2D eigenvalue weighted by Gasteiger charge is 2.58. The second-order valence-electron chi connectivity index (χ2n) is 15.6. The first-order valence-electron chi connectivity index (χ1n) is 18.8. The van der Waals surface area contributed by atoms with Crippen LogP contribution in [0.2, 0.25) is 0 Å². The third-order valence-corrected chi connectivity index (χ3v) is 13.7. The minimum atomic E-state index is -1.43. The highest BCUT2D eigenvalue weighted by Crippen LogP contribution is 2.63. The van der Waals surface area contributed by atoms with Crippen molar-refractivity contribution in [2.75, 3.05) is 47.0 Å². The van der Waals surface area contributed by atoms with Gasteiger partial charge in [0.2, 0.25) is 6.79 Å². The predicted molar refractivity (Wildman–Crippen MR) is 206 cm³/mol. The number of carbonyl (C=O) groups excluding carboxylic acids is 2. The van der Waals surface area contributed by atoms with E-state index in [-0.39, 0.29) is 37.9 Å². The third kappa shape index (κ3) is 5.28. The molecule has 5 N–H and O–H groups in total. The Hall–Kier alpha value is -4.51. The van der Waals surface area contributed by atoms with Crippen molar-refractivity contribution in [3.05, 3.63) is 75.0 Å². The number of aryl methyl sites for hydroxylation is 1. The summed E-state index contributed by atoms with van der Waals surface area (Å²) in [6.45, 7) is 4.53. The Kier molecular flexibility index (Phi) is 8.98. The number of carbonyl (C=O) groups is 2. The predicted octanol–water partition coefficient (Wildman–Crippen LogP) is 3.79. The van der Waals surface area contributed by atoms with E-state index >= 15 is 0 Å². The average Bonchev–Trinajstić information content (AvgIpc) is 3.78. The lowest BCUT2D eigenvalue weighted by molar-refractivity contribution is -0.159. The summed E-state index contributed by atoms with van der Waals surface area (Å²) in [6.07, 6.45) is -0.477. The summed E-state index contributed by atoms with van der Waals surface area (Å²) in [4.78, 5) is 35.5. The highest BCUT2D eigenvalue weighted by atomic mass is 32.2. The topological polar surface area (TPSA) is 175 Å². The van der Waals surface area contributed by atoms with Crippen molar-refractivity contribution in [3.8, 4) is 28.7 Å². The highest BCUT2D eigenvalue weighted by molar-refractivity contribution is 7.99. The number of phenolic OH excluding ortho intramolecular Hbond substituents is 1. The minimum absolute atomic E-state index is 0.0131. The first kappa shape index (κ1) is 37.1. The SMILES string of the molecule is COc1c(C)cc2c(c1O)[C@@H](N(C)C)[C@@H]1[C@@H]3SC[C@@]4(N[C@H](CO)Cc5c4[nH]c4ccccc54)C(=O)OC[C@@H](c4c5c(c(C)c(OC(C)=O)c43)OCO5)N1[C@@H](O)C2. The van der Waals surface area contributed by atoms with E-state index in [2.05, 4.69) is 10.3 Å². The van der Waals surface area contributed by atoms with Gasteiger partial charge in [-0.3, -0.25) is 15.0 Å². The van der Waals surface area contributed by atoms with Crippen LogP contribution >= 0.6 is 11.8 Å². The fourth-order valence-electron chi connectivity index (χ4n) is 10.1. The number of benzene rings is 3. The number of fused-ring (bicyclic) bond motifs is 8. The van der Waals surface area contributed by atoms with E-state index in [1.807, 2.05) is 68.1 Å². The van der Waals surface area contributed by atoms with Crippen LogP contribution in [0, 0.1) is 13.8 Å². The molecule has 4 aromatic rings. The molecule has 14 nitrogen and oxygen atoms in total. The Labute approximate surface area is 328 Å². The molecule has 0 unspecified atom stereocenters. The number of aliphatic hydroxyl groups is 2. The summed E-state index contributed by atoms with van der Waals surface area (Å²) < 4.78 is 30.6. The number of nitrogens with one attached hydrogen (secondary N) is 2. The summed E-state index contributed by atoms with van der Waals surface area (Å²) in [7, 11) is 5.38. The molecule has 7 atom stereocenters. The van der Waals surface area contributed by atoms with Gasteiger partial charge in [-0.05, 0) is 57.1 Å². The molecule has 7 heterocycles. The minimum Gasteiger partial charge on any atom is -0.504 e. The largest absolute Gasteiger partial charge is 0.504 e. The van der Waals surface area contributed by atoms with Gasteiger partial charge < -0.3 is 48.9 Å². The van der Waals surface area contributed by atoms with Crippen LogP contribution in [0.5, 0.6) is 28.7 Å². The molecule has 2 bridgehead atoms. The molecule has 15 heteroatoms. The van der Waals surface area contributed by atoms with Crippen LogP contribution in [0.15, 0.2) is 30.3 Å². The number of H-pyrrole nitrogens is 1. The van der Waals surface area contributed by atoms with Crippen molar-refractivity contribution >= 4 is 34.6 Å². The van der Waals surface area contributed by atoms with E-state index < -0.39 is 53.1 Å². The van der Waals surface area contributed by atoms with Gasteiger partial charge in [-0.25, -0.2) is 4.79 Å². The van der Waals surface area contributed by atoms with Gasteiger partial charge in [0, 0.05) is 64.3 Å². The van der Waals surface area contributed by atoms with Gasteiger partial charge >= 0.3 is 11.9 Å². The molecule has 0 aliphatic carbocycles. The first-order chi connectivity index (χ1) is 26.9. The van der Waals surface area contributed by atoms with E-state index in [1.165, 1.54) is 25.8 Å². The number of phenols is 1. The van der Waals surface area contributed by atoms with Crippen molar-refractivity contribution in [3.63, 3.8) is 0 Å². The maximum atomic E-state index is 15.0. The Morgan fingerprint density at radius 3 is 2.59 bits per heavy atom. The summed E-state index contributed by atoms with van der Waals surface area (Å²) >= 11 is 1.46. The molecular weight excluding hydrogens is 741 g/mol. The van der Waals surface area contributed by atoms with Gasteiger partial charge in [0.15, 0.2) is 28.5 Å². The molecule has 6 aliphatic heterocycles. The second kappa shape index (κ2) is 13.6. The van der Waals surface area contributed by atoms with Gasteiger partial charge in [0.25, 0.3) is 0 Å². The molecule has 1 spiro atoms. The van der Waals surface area contributed by atoms with Crippen molar-refractivity contribution in [1.82, 2.24) is 20.1 Å². The van der Waals surface area contributed by atoms with E-state index in [1.54, 1.807) is 0 Å². The fraction of sp³-hybridized carbons (Fsp3) is 0.463. The average molecular weight is 787 g/mol. The zero-order valence-corrected chi connectivity index (χ0v) is 32.9. The lowest BCUT2D eigenvalue weighted by Gasteiger charge is -2.53. The smallest absolute Gasteiger partial charge is 0.333 e. The number of aromatic nitrogens is 1. The second-order valence-corrected chi connectivity index (χ2v) is 16.8. The Bertz CT molecular complexity index is 2290. The number of aliphatic hydroxyl groups excluding tert-OH is 2. The third-order valence-electron chi connectivity index (χ3n) is 12.2. The van der Waals surface area contributed by atoms with Gasteiger partial charge in [-0.15, -0.1) is 11.8 Å². The summed E-state index contributed by atoms with van der Waals surface area (Å²) in [5, 5.41) is 39.1. The van der Waals surface area contributed by atoms with Gasteiger partial charge in [0.05, 0.1) is 36.7 Å². The van der Waals surface area contributed by atoms with Crippen molar-refractivity contribution < 1.29 is 48.6 Å². The molecular formula is C41H46N4O10S. The number of hydrogen-bond donors (Lipinski definition) is 5. The Balaban J connectivity index is 1.33. The van der Waals surface area contributed by atoms with Crippen molar-refractivity contribution in [1.29, 1.82) is 0 Å². The number of rotatable bonds is 4. The maximum absolute atomic E-state index is 15.0. The van der Waals surface area contributed by atoms with Gasteiger partial charge in [-0.1, -0.05) is 24.3 Å². The molecule has 3 aromatic carbocycles.